The molecular weight excluding hydrogens is 400 g/mol. The van der Waals surface area contributed by atoms with Gasteiger partial charge in [0.1, 0.15) is 6.10 Å². The minimum Gasteiger partial charge on any atom is -0.459 e. The Morgan fingerprint density at radius 3 is 2.50 bits per heavy atom. The van der Waals surface area contributed by atoms with Crippen molar-refractivity contribution >= 4 is 5.97 Å². The molecule has 1 aliphatic heterocycles. The lowest BCUT2D eigenvalue weighted by Gasteiger charge is -2.44. The molecule has 0 amide bonds. The van der Waals surface area contributed by atoms with Gasteiger partial charge in [-0.25, -0.2) is 4.79 Å². The van der Waals surface area contributed by atoms with E-state index in [1.54, 1.807) is 0 Å². The summed E-state index contributed by atoms with van der Waals surface area (Å²) < 4.78 is 5.53. The van der Waals surface area contributed by atoms with Gasteiger partial charge < -0.3 is 14.9 Å². The Morgan fingerprint density at radius 2 is 1.88 bits per heavy atom. The maximum absolute atomic E-state index is 11.8. The zero-order valence-corrected chi connectivity index (χ0v) is 19.4. The molecule has 2 unspecified atom stereocenters. The number of cyclic esters (lactones) is 1. The van der Waals surface area contributed by atoms with Crippen molar-refractivity contribution in [1.82, 2.24) is 0 Å². The Balaban J connectivity index is 1.49. The van der Waals surface area contributed by atoms with E-state index in [1.165, 1.54) is 31.3 Å². The van der Waals surface area contributed by atoms with E-state index in [4.69, 9.17) is 4.74 Å². The summed E-state index contributed by atoms with van der Waals surface area (Å²) in [4.78, 5) is 11.8. The van der Waals surface area contributed by atoms with E-state index in [0.29, 0.717) is 48.2 Å². The summed E-state index contributed by atoms with van der Waals surface area (Å²) in [5.74, 6) is 1.18. The molecule has 3 saturated carbocycles. The Labute approximate surface area is 192 Å². The molecule has 4 rings (SSSR count). The van der Waals surface area contributed by atoms with Gasteiger partial charge in [-0.3, -0.25) is 0 Å². The summed E-state index contributed by atoms with van der Waals surface area (Å²) in [5.41, 5.74) is 3.95. The molecule has 3 aliphatic carbocycles. The number of hydrogen-bond donors (Lipinski definition) is 2. The van der Waals surface area contributed by atoms with Crippen LogP contribution in [0.1, 0.15) is 64.7 Å². The number of aliphatic hydroxyl groups is 2. The normalized spacial score (nSPS) is 39.7. The Hall–Kier alpha value is -1.91. The van der Waals surface area contributed by atoms with Crippen molar-refractivity contribution < 1.29 is 19.7 Å². The van der Waals surface area contributed by atoms with Crippen LogP contribution in [0, 0.1) is 23.2 Å². The molecule has 0 spiro atoms. The number of aliphatic hydroxyl groups excluding tert-OH is 2. The number of fused-ring (bicyclic) bond motifs is 1. The van der Waals surface area contributed by atoms with Gasteiger partial charge in [0.15, 0.2) is 0 Å². The van der Waals surface area contributed by atoms with Crippen molar-refractivity contribution in [2.75, 3.05) is 0 Å². The molecule has 0 aromatic heterocycles. The minimum atomic E-state index is -0.648. The molecule has 174 valence electrons. The maximum atomic E-state index is 11.8. The molecule has 2 N–H and O–H groups in total. The van der Waals surface area contributed by atoms with Gasteiger partial charge in [-0.05, 0) is 80.1 Å². The molecule has 4 heteroatoms. The van der Waals surface area contributed by atoms with Gasteiger partial charge in [0.25, 0.3) is 0 Å². The summed E-state index contributed by atoms with van der Waals surface area (Å²) in [7, 11) is 0. The number of hydrogen-bond acceptors (Lipinski definition) is 4. The third-order valence-electron chi connectivity index (χ3n) is 8.73. The fourth-order valence-electron chi connectivity index (χ4n) is 6.90. The average molecular weight is 439 g/mol. The highest BCUT2D eigenvalue weighted by molar-refractivity contribution is 5.89. The van der Waals surface area contributed by atoms with Crippen molar-refractivity contribution in [2.24, 2.45) is 23.2 Å². The number of carbonyl (C=O) groups excluding carboxylic acids is 1. The summed E-state index contributed by atoms with van der Waals surface area (Å²) in [5, 5.41) is 20.3. The smallest absolute Gasteiger partial charge is 0.333 e. The van der Waals surface area contributed by atoms with E-state index in [-0.39, 0.29) is 17.5 Å². The highest BCUT2D eigenvalue weighted by Crippen LogP contribution is 2.60. The topological polar surface area (TPSA) is 66.8 Å². The van der Waals surface area contributed by atoms with Crippen LogP contribution < -0.4 is 0 Å². The molecular formula is C28H38O4. The second-order valence-corrected chi connectivity index (χ2v) is 10.6. The van der Waals surface area contributed by atoms with Gasteiger partial charge >= 0.3 is 5.97 Å². The van der Waals surface area contributed by atoms with Crippen LogP contribution in [-0.2, 0) is 9.53 Å². The van der Waals surface area contributed by atoms with Crippen LogP contribution in [0.15, 0.2) is 60.3 Å². The Kier molecular flexibility index (Phi) is 6.65. The highest BCUT2D eigenvalue weighted by atomic mass is 16.5. The molecule has 0 aromatic carbocycles. The predicted octanol–water partition coefficient (Wildman–Crippen LogP) is 5.19. The number of ether oxygens (including phenoxy) is 1. The number of rotatable bonds is 5. The summed E-state index contributed by atoms with van der Waals surface area (Å²) >= 11 is 0. The molecule has 0 radical (unpaired) electrons. The van der Waals surface area contributed by atoms with Crippen LogP contribution in [0.2, 0.25) is 0 Å². The largest absolute Gasteiger partial charge is 0.459 e. The Morgan fingerprint density at radius 1 is 1.16 bits per heavy atom. The Bertz CT molecular complexity index is 833. The maximum Gasteiger partial charge on any atom is 0.333 e. The molecule has 4 nitrogen and oxygen atoms in total. The van der Waals surface area contributed by atoms with Crippen LogP contribution in [0.4, 0.5) is 0 Å². The van der Waals surface area contributed by atoms with Gasteiger partial charge in [-0.15, -0.1) is 6.58 Å². The van der Waals surface area contributed by atoms with Crippen molar-refractivity contribution in [3.63, 3.8) is 0 Å². The summed E-state index contributed by atoms with van der Waals surface area (Å²) in [6, 6.07) is 0. The molecule has 32 heavy (non-hydrogen) atoms. The van der Waals surface area contributed by atoms with Gasteiger partial charge in [0, 0.05) is 12.0 Å². The van der Waals surface area contributed by atoms with Gasteiger partial charge in [0.2, 0.25) is 0 Å². The van der Waals surface area contributed by atoms with E-state index in [2.05, 4.69) is 44.9 Å². The fraction of sp³-hybridized carbons (Fsp3) is 0.607. The first kappa shape index (κ1) is 23.3. The fourth-order valence-corrected chi connectivity index (χ4v) is 6.90. The van der Waals surface area contributed by atoms with E-state index >= 15 is 0 Å². The molecule has 4 aliphatic rings. The molecule has 0 bridgehead atoms. The van der Waals surface area contributed by atoms with Crippen LogP contribution in [-0.4, -0.2) is 34.5 Å². The predicted molar refractivity (Wildman–Crippen MR) is 127 cm³/mol. The monoisotopic (exact) mass is 438 g/mol. The lowest BCUT2D eigenvalue weighted by Crippen LogP contribution is -2.37. The van der Waals surface area contributed by atoms with E-state index in [1.807, 2.05) is 0 Å². The first-order valence-electron chi connectivity index (χ1n) is 12.2. The third kappa shape index (κ3) is 4.32. The number of allylic oxidation sites excluding steroid dienone is 4. The van der Waals surface area contributed by atoms with E-state index in [0.717, 1.165) is 18.4 Å². The first-order valence-corrected chi connectivity index (χ1v) is 12.2. The SMILES string of the molecule is C=C[C@H](C[C@H]1CC(=C)C(=O)O1)C1CCC2/C(=C/C=C3C[C@@H](O)C(=C)[C@H](O)C3)CCC[C@@]21C. The zero-order valence-electron chi connectivity index (χ0n) is 19.4. The molecule has 0 aromatic rings. The number of esters is 1. The van der Waals surface area contributed by atoms with Crippen LogP contribution in [0.25, 0.3) is 0 Å². The van der Waals surface area contributed by atoms with Crippen molar-refractivity contribution in [1.29, 1.82) is 0 Å². The van der Waals surface area contributed by atoms with Crippen LogP contribution in [0.5, 0.6) is 0 Å². The van der Waals surface area contributed by atoms with Gasteiger partial charge in [0.05, 0.1) is 12.2 Å². The lowest BCUT2D eigenvalue weighted by atomic mass is 9.60. The second-order valence-electron chi connectivity index (χ2n) is 10.6. The first-order chi connectivity index (χ1) is 15.2. The van der Waals surface area contributed by atoms with Gasteiger partial charge in [-0.1, -0.05) is 49.5 Å². The summed E-state index contributed by atoms with van der Waals surface area (Å²) in [6.07, 6.45) is 13.6. The molecule has 7 atom stereocenters. The van der Waals surface area contributed by atoms with Crippen molar-refractivity contribution in [3.05, 3.63) is 60.3 Å². The van der Waals surface area contributed by atoms with Crippen molar-refractivity contribution in [3.8, 4) is 0 Å². The third-order valence-corrected chi connectivity index (χ3v) is 8.73. The lowest BCUT2D eigenvalue weighted by molar-refractivity contribution is -0.139. The molecule has 1 saturated heterocycles. The minimum absolute atomic E-state index is 0.0668. The number of carbonyl (C=O) groups is 1. The van der Waals surface area contributed by atoms with Crippen molar-refractivity contribution in [2.45, 2.75) is 83.0 Å². The van der Waals surface area contributed by atoms with Gasteiger partial charge in [-0.2, -0.15) is 0 Å². The quantitative estimate of drug-likeness (QED) is 0.352. The zero-order chi connectivity index (χ0) is 23.0. The highest BCUT2D eigenvalue weighted by Gasteiger charge is 2.51. The van der Waals surface area contributed by atoms with E-state index in [9.17, 15) is 15.0 Å². The second kappa shape index (κ2) is 9.15. The molecule has 4 fully saturated rings. The average Bonchev–Trinajstić information content (AvgIpc) is 3.27. The van der Waals surface area contributed by atoms with Crippen LogP contribution >= 0.6 is 0 Å². The molecule has 1 heterocycles. The summed E-state index contributed by atoms with van der Waals surface area (Å²) in [6.45, 7) is 14.2. The van der Waals surface area contributed by atoms with E-state index < -0.39 is 12.2 Å². The standard InChI is InChI=1S/C28H38O4/c1-5-20(16-22-13-17(2)27(31)32-22)23-10-11-24-21(7-6-12-28(23,24)4)9-8-19-14-25(29)18(3)26(30)15-19/h5,8-9,20,22-26,29-30H,1-3,6-7,10-16H2,4H3/b21-9+/t20-,22-,23?,24?,25-,26-,28-/m1/s1. The van der Waals surface area contributed by atoms with Crippen LogP contribution in [0.3, 0.4) is 0 Å².